The summed E-state index contributed by atoms with van der Waals surface area (Å²) in [5.74, 6) is 0.153. The summed E-state index contributed by atoms with van der Waals surface area (Å²) in [6.07, 6.45) is 3.66. The first-order valence-electron chi connectivity index (χ1n) is 6.96. The summed E-state index contributed by atoms with van der Waals surface area (Å²) in [5.41, 5.74) is 0.855. The van der Waals surface area contributed by atoms with Gasteiger partial charge in [0.2, 0.25) is 5.91 Å². The molecule has 7 heteroatoms. The Hall–Kier alpha value is -0.850. The van der Waals surface area contributed by atoms with E-state index >= 15 is 0 Å². The van der Waals surface area contributed by atoms with Crippen molar-refractivity contribution in [2.24, 2.45) is 0 Å². The van der Waals surface area contributed by atoms with Gasteiger partial charge in [-0.2, -0.15) is 0 Å². The Balaban J connectivity index is 1.84. The van der Waals surface area contributed by atoms with Gasteiger partial charge in [-0.05, 0) is 34.8 Å². The first-order valence-corrected chi connectivity index (χ1v) is 8.13. The molecule has 0 aromatic carbocycles. The Kier molecular flexibility index (Phi) is 5.84. The Labute approximate surface area is 138 Å². The Morgan fingerprint density at radius 3 is 2.81 bits per heavy atom. The first-order chi connectivity index (χ1) is 9.95. The zero-order valence-electron chi connectivity index (χ0n) is 12.3. The molecule has 2 heterocycles. The van der Waals surface area contributed by atoms with Crippen molar-refractivity contribution in [1.82, 2.24) is 14.8 Å². The van der Waals surface area contributed by atoms with Crippen molar-refractivity contribution in [3.8, 4) is 0 Å². The average Bonchev–Trinajstić information content (AvgIpc) is 2.45. The number of likely N-dealkylation sites (N-methyl/N-ethyl adjacent to an activating group) is 1. The van der Waals surface area contributed by atoms with Crippen molar-refractivity contribution in [3.63, 3.8) is 0 Å². The van der Waals surface area contributed by atoms with Gasteiger partial charge in [-0.1, -0.05) is 11.6 Å². The molecule has 116 valence electrons. The summed E-state index contributed by atoms with van der Waals surface area (Å²) in [5, 5.41) is 3.93. The fourth-order valence-electron chi connectivity index (χ4n) is 2.31. The van der Waals surface area contributed by atoms with E-state index < -0.39 is 0 Å². The summed E-state index contributed by atoms with van der Waals surface area (Å²) >= 11 is 9.49. The van der Waals surface area contributed by atoms with E-state index in [-0.39, 0.29) is 5.91 Å². The molecule has 5 nitrogen and oxygen atoms in total. The molecule has 1 amide bonds. The van der Waals surface area contributed by atoms with Crippen molar-refractivity contribution in [3.05, 3.63) is 21.9 Å². The van der Waals surface area contributed by atoms with Crippen LogP contribution in [-0.2, 0) is 4.79 Å². The van der Waals surface area contributed by atoms with Crippen LogP contribution in [0.2, 0.25) is 5.15 Å². The highest BCUT2D eigenvalue weighted by Gasteiger charge is 2.21. The molecule has 0 atom stereocenters. The highest BCUT2D eigenvalue weighted by atomic mass is 79.9. The number of likely N-dealkylation sites (tertiary alicyclic amines) is 1. The van der Waals surface area contributed by atoms with Crippen LogP contribution in [0.5, 0.6) is 0 Å². The molecular formula is C14H20BrClN4O. The van der Waals surface area contributed by atoms with Crippen LogP contribution in [0.1, 0.15) is 12.8 Å². The predicted octanol–water partition coefficient (Wildman–Crippen LogP) is 2.46. The molecule has 0 radical (unpaired) electrons. The lowest BCUT2D eigenvalue weighted by molar-refractivity contribution is -0.130. The second-order valence-corrected chi connectivity index (χ2v) is 6.75. The van der Waals surface area contributed by atoms with Gasteiger partial charge < -0.3 is 10.2 Å². The molecule has 0 unspecified atom stereocenters. The van der Waals surface area contributed by atoms with E-state index in [1.54, 1.807) is 25.2 Å². The Bertz CT molecular complexity index is 504. The number of anilines is 1. The van der Waals surface area contributed by atoms with Crippen LogP contribution >= 0.6 is 27.5 Å². The molecule has 1 saturated heterocycles. The molecule has 0 aliphatic carbocycles. The summed E-state index contributed by atoms with van der Waals surface area (Å²) in [6, 6.07) is 2.31. The van der Waals surface area contributed by atoms with E-state index in [1.807, 2.05) is 6.07 Å². The highest BCUT2D eigenvalue weighted by Crippen LogP contribution is 2.25. The van der Waals surface area contributed by atoms with Crippen molar-refractivity contribution in [2.75, 3.05) is 39.0 Å². The molecule has 1 aliphatic heterocycles. The number of halogens is 2. The van der Waals surface area contributed by atoms with Crippen molar-refractivity contribution >= 4 is 39.1 Å². The number of amides is 1. The number of hydrogen-bond acceptors (Lipinski definition) is 4. The summed E-state index contributed by atoms with van der Waals surface area (Å²) < 4.78 is 0.906. The van der Waals surface area contributed by atoms with Gasteiger partial charge in [0, 0.05) is 43.9 Å². The minimum absolute atomic E-state index is 0.153. The molecule has 2 rings (SSSR count). The largest absolute Gasteiger partial charge is 0.380 e. The van der Waals surface area contributed by atoms with Gasteiger partial charge in [-0.3, -0.25) is 9.69 Å². The number of nitrogens with one attached hydrogen (secondary N) is 1. The maximum absolute atomic E-state index is 11.7. The highest BCUT2D eigenvalue weighted by molar-refractivity contribution is 9.10. The predicted molar refractivity (Wildman–Crippen MR) is 88.7 cm³/mol. The second kappa shape index (κ2) is 7.42. The number of aromatic nitrogens is 1. The third-order valence-electron chi connectivity index (χ3n) is 3.61. The normalized spacial score (nSPS) is 16.8. The van der Waals surface area contributed by atoms with Crippen molar-refractivity contribution < 1.29 is 4.79 Å². The zero-order valence-corrected chi connectivity index (χ0v) is 14.6. The molecule has 1 fully saturated rings. The van der Waals surface area contributed by atoms with Crippen LogP contribution in [0, 0.1) is 0 Å². The standard InChI is InChI=1S/C14H20BrClN4O/c1-19(2)13(21)9-20-5-3-11(4-6-20)18-12-7-10(15)8-17-14(12)16/h7-8,11,18H,3-6,9H2,1-2H3. The number of rotatable bonds is 4. The molecule has 1 aliphatic rings. The third-order valence-corrected chi connectivity index (χ3v) is 4.35. The van der Waals surface area contributed by atoms with E-state index in [9.17, 15) is 4.79 Å². The summed E-state index contributed by atoms with van der Waals surface area (Å²) in [4.78, 5) is 19.6. The number of pyridine rings is 1. The van der Waals surface area contributed by atoms with Gasteiger partial charge in [-0.25, -0.2) is 4.98 Å². The van der Waals surface area contributed by atoms with Crippen LogP contribution < -0.4 is 5.32 Å². The van der Waals surface area contributed by atoms with E-state index in [0.29, 0.717) is 17.7 Å². The van der Waals surface area contributed by atoms with E-state index in [4.69, 9.17) is 11.6 Å². The number of hydrogen-bond donors (Lipinski definition) is 1. The lowest BCUT2D eigenvalue weighted by atomic mass is 10.0. The minimum Gasteiger partial charge on any atom is -0.380 e. The van der Waals surface area contributed by atoms with Gasteiger partial charge in [-0.15, -0.1) is 0 Å². The molecule has 0 bridgehead atoms. The maximum Gasteiger partial charge on any atom is 0.236 e. The van der Waals surface area contributed by atoms with Gasteiger partial charge in [0.15, 0.2) is 5.15 Å². The Morgan fingerprint density at radius 1 is 1.52 bits per heavy atom. The van der Waals surface area contributed by atoms with Crippen LogP contribution in [-0.4, -0.2) is 60.5 Å². The van der Waals surface area contributed by atoms with E-state index in [0.717, 1.165) is 36.1 Å². The topological polar surface area (TPSA) is 48.5 Å². The van der Waals surface area contributed by atoms with Gasteiger partial charge in [0.25, 0.3) is 0 Å². The monoisotopic (exact) mass is 374 g/mol. The second-order valence-electron chi connectivity index (χ2n) is 5.47. The molecule has 0 saturated carbocycles. The maximum atomic E-state index is 11.7. The fraction of sp³-hybridized carbons (Fsp3) is 0.571. The number of piperidine rings is 1. The summed E-state index contributed by atoms with van der Waals surface area (Å²) in [7, 11) is 3.58. The molecule has 0 spiro atoms. The number of nitrogens with zero attached hydrogens (tertiary/aromatic N) is 3. The molecule has 1 aromatic heterocycles. The minimum atomic E-state index is 0.153. The van der Waals surface area contributed by atoms with E-state index in [2.05, 4.69) is 31.1 Å². The van der Waals surface area contributed by atoms with Gasteiger partial charge in [0.05, 0.1) is 12.2 Å². The van der Waals surface area contributed by atoms with Crippen LogP contribution in [0.4, 0.5) is 5.69 Å². The lowest BCUT2D eigenvalue weighted by Gasteiger charge is -2.33. The molecular weight excluding hydrogens is 356 g/mol. The lowest BCUT2D eigenvalue weighted by Crippen LogP contribution is -2.43. The molecule has 1 N–H and O–H groups in total. The molecule has 21 heavy (non-hydrogen) atoms. The number of carbonyl (C=O) groups excluding carboxylic acids is 1. The fourth-order valence-corrected chi connectivity index (χ4v) is 2.80. The smallest absolute Gasteiger partial charge is 0.236 e. The first kappa shape index (κ1) is 16.5. The average molecular weight is 376 g/mol. The van der Waals surface area contributed by atoms with Crippen LogP contribution in [0.3, 0.4) is 0 Å². The SMILES string of the molecule is CN(C)C(=O)CN1CCC(Nc2cc(Br)cnc2Cl)CC1. The molecule has 1 aromatic rings. The Morgan fingerprint density at radius 2 is 2.19 bits per heavy atom. The van der Waals surface area contributed by atoms with Crippen LogP contribution in [0.25, 0.3) is 0 Å². The van der Waals surface area contributed by atoms with E-state index in [1.165, 1.54) is 0 Å². The van der Waals surface area contributed by atoms with Crippen molar-refractivity contribution in [2.45, 2.75) is 18.9 Å². The quantitative estimate of drug-likeness (QED) is 0.821. The summed E-state index contributed by atoms with van der Waals surface area (Å²) in [6.45, 7) is 2.32. The number of carbonyl (C=O) groups is 1. The van der Waals surface area contributed by atoms with Gasteiger partial charge in [0.1, 0.15) is 0 Å². The third kappa shape index (κ3) is 4.83. The van der Waals surface area contributed by atoms with Gasteiger partial charge >= 0.3 is 0 Å². The van der Waals surface area contributed by atoms with Crippen LogP contribution in [0.15, 0.2) is 16.7 Å². The zero-order chi connectivity index (χ0) is 15.4. The van der Waals surface area contributed by atoms with Crippen molar-refractivity contribution in [1.29, 1.82) is 0 Å².